The van der Waals surface area contributed by atoms with Crippen molar-refractivity contribution in [3.8, 4) is 0 Å². The standard InChI is InChI=1S/C13H20F3N3O2/c1-10(2)20-8-7-18-3-5-19(6-4-18)12-17-11(9-21-12)13(14,15)16/h9-10H,3-8H2,1-2H3. The van der Waals surface area contributed by atoms with Gasteiger partial charge in [0.1, 0.15) is 6.26 Å². The van der Waals surface area contributed by atoms with Crippen LogP contribution in [0.3, 0.4) is 0 Å². The Labute approximate surface area is 121 Å². The van der Waals surface area contributed by atoms with Gasteiger partial charge in [-0.2, -0.15) is 18.2 Å². The third-order valence-electron chi connectivity index (χ3n) is 3.28. The average Bonchev–Trinajstić information content (AvgIpc) is 2.88. The summed E-state index contributed by atoms with van der Waals surface area (Å²) < 4.78 is 47.8. The molecule has 0 aliphatic carbocycles. The summed E-state index contributed by atoms with van der Waals surface area (Å²) in [6.07, 6.45) is -3.59. The minimum absolute atomic E-state index is 0.0420. The molecule has 1 aromatic heterocycles. The Morgan fingerprint density at radius 1 is 1.29 bits per heavy atom. The van der Waals surface area contributed by atoms with Crippen LogP contribution >= 0.6 is 0 Å². The molecule has 8 heteroatoms. The maximum Gasteiger partial charge on any atom is 0.436 e. The number of alkyl halides is 3. The third kappa shape index (κ3) is 4.60. The molecule has 5 nitrogen and oxygen atoms in total. The number of aromatic nitrogens is 1. The van der Waals surface area contributed by atoms with E-state index in [0.717, 1.165) is 19.6 Å². The van der Waals surface area contributed by atoms with Crippen molar-refractivity contribution in [1.82, 2.24) is 9.88 Å². The highest BCUT2D eigenvalue weighted by molar-refractivity contribution is 5.28. The zero-order valence-corrected chi connectivity index (χ0v) is 12.2. The predicted octanol–water partition coefficient (Wildman–Crippen LogP) is 2.24. The van der Waals surface area contributed by atoms with E-state index in [1.807, 2.05) is 13.8 Å². The van der Waals surface area contributed by atoms with Gasteiger partial charge in [0.05, 0.1) is 12.7 Å². The Hall–Kier alpha value is -1.28. The molecule has 0 spiro atoms. The van der Waals surface area contributed by atoms with Gasteiger partial charge in [-0.3, -0.25) is 4.90 Å². The fourth-order valence-electron chi connectivity index (χ4n) is 2.12. The molecule has 1 aliphatic rings. The molecule has 1 fully saturated rings. The van der Waals surface area contributed by atoms with Gasteiger partial charge in [0.15, 0.2) is 5.69 Å². The fourth-order valence-corrected chi connectivity index (χ4v) is 2.12. The summed E-state index contributed by atoms with van der Waals surface area (Å²) in [7, 11) is 0. The van der Waals surface area contributed by atoms with Crippen LogP contribution in [0.2, 0.25) is 0 Å². The molecule has 0 bridgehead atoms. The molecule has 1 aromatic rings. The summed E-state index contributed by atoms with van der Waals surface area (Å²) in [5, 5.41) is 0. The largest absolute Gasteiger partial charge is 0.436 e. The highest BCUT2D eigenvalue weighted by Crippen LogP contribution is 2.30. The second kappa shape index (κ2) is 6.65. The highest BCUT2D eigenvalue weighted by Gasteiger charge is 2.35. The topological polar surface area (TPSA) is 41.7 Å². The summed E-state index contributed by atoms with van der Waals surface area (Å²) >= 11 is 0. The Morgan fingerprint density at radius 3 is 2.48 bits per heavy atom. The number of hydrogen-bond donors (Lipinski definition) is 0. The van der Waals surface area contributed by atoms with Crippen molar-refractivity contribution in [1.29, 1.82) is 0 Å². The van der Waals surface area contributed by atoms with Gasteiger partial charge in [0.2, 0.25) is 0 Å². The van der Waals surface area contributed by atoms with Gasteiger partial charge in [-0.15, -0.1) is 0 Å². The molecule has 0 radical (unpaired) electrons. The normalized spacial score (nSPS) is 17.7. The molecule has 0 saturated carbocycles. The molecule has 1 saturated heterocycles. The van der Waals surface area contributed by atoms with E-state index < -0.39 is 11.9 Å². The molecule has 120 valence electrons. The number of piperazine rings is 1. The Bertz CT molecular complexity index is 440. The molecular weight excluding hydrogens is 287 g/mol. The molecule has 0 amide bonds. The van der Waals surface area contributed by atoms with E-state index in [1.165, 1.54) is 0 Å². The van der Waals surface area contributed by atoms with E-state index in [0.29, 0.717) is 26.0 Å². The van der Waals surface area contributed by atoms with E-state index >= 15 is 0 Å². The van der Waals surface area contributed by atoms with Crippen molar-refractivity contribution in [2.75, 3.05) is 44.2 Å². The monoisotopic (exact) mass is 307 g/mol. The molecule has 0 N–H and O–H groups in total. The molecule has 2 heterocycles. The van der Waals surface area contributed by atoms with Crippen molar-refractivity contribution in [3.63, 3.8) is 0 Å². The zero-order chi connectivity index (χ0) is 15.5. The van der Waals surface area contributed by atoms with E-state index in [9.17, 15) is 13.2 Å². The highest BCUT2D eigenvalue weighted by atomic mass is 19.4. The molecule has 1 aliphatic heterocycles. The van der Waals surface area contributed by atoms with Gasteiger partial charge in [0, 0.05) is 32.7 Å². The van der Waals surface area contributed by atoms with E-state index in [-0.39, 0.29) is 12.1 Å². The van der Waals surface area contributed by atoms with Crippen LogP contribution < -0.4 is 4.90 Å². The first-order chi connectivity index (χ1) is 9.86. The number of ether oxygens (including phenoxy) is 1. The lowest BCUT2D eigenvalue weighted by Gasteiger charge is -2.33. The second-order valence-corrected chi connectivity index (χ2v) is 5.26. The lowest BCUT2D eigenvalue weighted by atomic mass is 10.3. The van der Waals surface area contributed by atoms with Crippen LogP contribution in [-0.2, 0) is 10.9 Å². The van der Waals surface area contributed by atoms with Crippen LogP contribution in [0.4, 0.5) is 19.2 Å². The van der Waals surface area contributed by atoms with Crippen LogP contribution in [0.25, 0.3) is 0 Å². The average molecular weight is 307 g/mol. The number of nitrogens with zero attached hydrogens (tertiary/aromatic N) is 3. The SMILES string of the molecule is CC(C)OCCN1CCN(c2nc(C(F)(F)F)co2)CC1. The maximum atomic E-state index is 12.5. The van der Waals surface area contributed by atoms with Crippen LogP contribution in [0.15, 0.2) is 10.7 Å². The van der Waals surface area contributed by atoms with Gasteiger partial charge >= 0.3 is 6.18 Å². The molecular formula is C13H20F3N3O2. The Kier molecular flexibility index (Phi) is 5.10. The van der Waals surface area contributed by atoms with Crippen molar-refractivity contribution in [2.24, 2.45) is 0 Å². The Balaban J connectivity index is 1.80. The van der Waals surface area contributed by atoms with Crippen molar-refractivity contribution in [3.05, 3.63) is 12.0 Å². The van der Waals surface area contributed by atoms with Gasteiger partial charge in [-0.25, -0.2) is 0 Å². The molecule has 2 rings (SSSR count). The van der Waals surface area contributed by atoms with Gasteiger partial charge in [-0.1, -0.05) is 0 Å². The third-order valence-corrected chi connectivity index (χ3v) is 3.28. The number of rotatable bonds is 5. The lowest BCUT2D eigenvalue weighted by Crippen LogP contribution is -2.47. The number of hydrogen-bond acceptors (Lipinski definition) is 5. The molecule has 0 atom stereocenters. The molecule has 0 aromatic carbocycles. The van der Waals surface area contributed by atoms with Crippen LogP contribution in [0, 0.1) is 0 Å². The van der Waals surface area contributed by atoms with Crippen molar-refractivity contribution < 1.29 is 22.3 Å². The number of anilines is 1. The zero-order valence-electron chi connectivity index (χ0n) is 12.2. The second-order valence-electron chi connectivity index (χ2n) is 5.26. The lowest BCUT2D eigenvalue weighted by molar-refractivity contribution is -0.141. The first kappa shape index (κ1) is 16.1. The van der Waals surface area contributed by atoms with Crippen LogP contribution in [-0.4, -0.2) is 55.3 Å². The summed E-state index contributed by atoms with van der Waals surface area (Å²) in [5.74, 6) is 0. The quantitative estimate of drug-likeness (QED) is 0.834. The minimum atomic E-state index is -4.46. The van der Waals surface area contributed by atoms with E-state index in [1.54, 1.807) is 4.90 Å². The number of halogens is 3. The Morgan fingerprint density at radius 2 is 1.95 bits per heavy atom. The fraction of sp³-hybridized carbons (Fsp3) is 0.769. The molecule has 21 heavy (non-hydrogen) atoms. The summed E-state index contributed by atoms with van der Waals surface area (Å²) in [6, 6.07) is 0.0420. The van der Waals surface area contributed by atoms with Gasteiger partial charge in [-0.05, 0) is 13.8 Å². The molecule has 0 unspecified atom stereocenters. The van der Waals surface area contributed by atoms with Crippen molar-refractivity contribution >= 4 is 6.01 Å². The first-order valence-corrected chi connectivity index (χ1v) is 6.98. The van der Waals surface area contributed by atoms with Crippen LogP contribution in [0.5, 0.6) is 0 Å². The summed E-state index contributed by atoms with van der Waals surface area (Å²) in [6.45, 7) is 8.16. The van der Waals surface area contributed by atoms with Gasteiger partial charge < -0.3 is 14.1 Å². The predicted molar refractivity (Wildman–Crippen MR) is 71.2 cm³/mol. The van der Waals surface area contributed by atoms with E-state index in [2.05, 4.69) is 9.88 Å². The van der Waals surface area contributed by atoms with Crippen molar-refractivity contribution in [2.45, 2.75) is 26.1 Å². The summed E-state index contributed by atoms with van der Waals surface area (Å²) in [5.41, 5.74) is -0.981. The van der Waals surface area contributed by atoms with E-state index in [4.69, 9.17) is 9.15 Å². The smallest absolute Gasteiger partial charge is 0.431 e. The minimum Gasteiger partial charge on any atom is -0.431 e. The summed E-state index contributed by atoms with van der Waals surface area (Å²) in [4.78, 5) is 7.45. The maximum absolute atomic E-state index is 12.5. The van der Waals surface area contributed by atoms with Gasteiger partial charge in [0.25, 0.3) is 6.01 Å². The first-order valence-electron chi connectivity index (χ1n) is 6.98. The van der Waals surface area contributed by atoms with Crippen LogP contribution in [0.1, 0.15) is 19.5 Å². The number of oxazole rings is 1.